The summed E-state index contributed by atoms with van der Waals surface area (Å²) in [6.07, 6.45) is 5.38. The number of rotatable bonds is 3. The van der Waals surface area contributed by atoms with Gasteiger partial charge in [-0.3, -0.25) is 0 Å². The van der Waals surface area contributed by atoms with Gasteiger partial charge in [-0.1, -0.05) is 6.92 Å². The predicted molar refractivity (Wildman–Crippen MR) is 44.9 cm³/mol. The van der Waals surface area contributed by atoms with Gasteiger partial charge in [-0.2, -0.15) is 0 Å². The lowest BCUT2D eigenvalue weighted by Crippen LogP contribution is -1.78. The predicted octanol–water partition coefficient (Wildman–Crippen LogP) is 1.52. The summed E-state index contributed by atoms with van der Waals surface area (Å²) < 4.78 is 0. The second kappa shape index (κ2) is 3.65. The van der Waals surface area contributed by atoms with Crippen molar-refractivity contribution in [1.29, 1.82) is 5.41 Å². The lowest BCUT2D eigenvalue weighted by Gasteiger charge is -1.85. The van der Waals surface area contributed by atoms with E-state index in [4.69, 9.17) is 5.41 Å². The molecule has 2 N–H and O–H groups in total. The van der Waals surface area contributed by atoms with Gasteiger partial charge < -0.3 is 10.4 Å². The molecule has 0 aliphatic carbocycles. The molecule has 0 aromatic carbocycles. The van der Waals surface area contributed by atoms with Crippen molar-refractivity contribution < 1.29 is 0 Å². The average Bonchev–Trinajstić information content (AvgIpc) is 2.47. The van der Waals surface area contributed by atoms with Crippen LogP contribution in [0.4, 0.5) is 5.82 Å². The first-order chi connectivity index (χ1) is 5.38. The molecule has 0 amide bonds. The molecule has 0 radical (unpaired) electrons. The second-order valence-corrected chi connectivity index (χ2v) is 2.00. The minimum absolute atomic E-state index is 0.585. The number of hydrogen-bond donors (Lipinski definition) is 2. The van der Waals surface area contributed by atoms with E-state index < -0.39 is 0 Å². The molecule has 0 saturated carbocycles. The summed E-state index contributed by atoms with van der Waals surface area (Å²) in [4.78, 5) is 10.8. The van der Waals surface area contributed by atoms with E-state index in [1.807, 2.05) is 6.92 Å². The van der Waals surface area contributed by atoms with Crippen LogP contribution in [0.1, 0.15) is 19.0 Å². The van der Waals surface area contributed by atoms with Crippen molar-refractivity contribution in [2.24, 2.45) is 4.99 Å². The lowest BCUT2D eigenvalue weighted by atomic mass is 10.4. The summed E-state index contributed by atoms with van der Waals surface area (Å²) in [6, 6.07) is 0. The molecule has 0 unspecified atom stereocenters. The van der Waals surface area contributed by atoms with Crippen LogP contribution in [0.3, 0.4) is 0 Å². The Balaban J connectivity index is 2.84. The Bertz CT molecular complexity index is 261. The highest BCUT2D eigenvalue weighted by Gasteiger charge is 1.97. The van der Waals surface area contributed by atoms with Crippen LogP contribution in [0.15, 0.2) is 11.3 Å². The number of nitrogens with one attached hydrogen (secondary N) is 2. The Kier molecular flexibility index (Phi) is 2.54. The lowest BCUT2D eigenvalue weighted by molar-refractivity contribution is 1.27. The monoisotopic (exact) mass is 150 g/mol. The largest absolute Gasteiger partial charge is 0.342 e. The molecule has 0 spiro atoms. The van der Waals surface area contributed by atoms with Gasteiger partial charge >= 0.3 is 0 Å². The summed E-state index contributed by atoms with van der Waals surface area (Å²) in [5.74, 6) is 0.585. The quantitative estimate of drug-likeness (QED) is 0.630. The summed E-state index contributed by atoms with van der Waals surface area (Å²) in [6.45, 7) is 2.00. The van der Waals surface area contributed by atoms with Crippen LogP contribution in [0.25, 0.3) is 0 Å². The van der Waals surface area contributed by atoms with Gasteiger partial charge in [0.15, 0.2) is 5.82 Å². The molecule has 58 valence electrons. The van der Waals surface area contributed by atoms with Gasteiger partial charge in [-0.15, -0.1) is 0 Å². The first kappa shape index (κ1) is 7.65. The van der Waals surface area contributed by atoms with Gasteiger partial charge in [0.05, 0.1) is 6.33 Å². The molecule has 1 heterocycles. The van der Waals surface area contributed by atoms with Crippen LogP contribution in [-0.2, 0) is 0 Å². The van der Waals surface area contributed by atoms with Crippen molar-refractivity contribution in [2.75, 3.05) is 0 Å². The Morgan fingerprint density at radius 3 is 3.27 bits per heavy atom. The molecule has 0 aliphatic rings. The van der Waals surface area contributed by atoms with Crippen molar-refractivity contribution >= 4 is 18.2 Å². The molecule has 4 heteroatoms. The van der Waals surface area contributed by atoms with Crippen LogP contribution >= 0.6 is 0 Å². The standard InChI is InChI=1S/C7H10N4/c1-2-3-9-7-6(4-8)10-5-11-7/h3-5,8H,2H2,1H3,(H,10,11). The van der Waals surface area contributed by atoms with Crippen molar-refractivity contribution in [1.82, 2.24) is 9.97 Å². The van der Waals surface area contributed by atoms with Gasteiger partial charge in [-0.25, -0.2) is 9.98 Å². The van der Waals surface area contributed by atoms with Crippen LogP contribution in [0.2, 0.25) is 0 Å². The maximum Gasteiger partial charge on any atom is 0.178 e. The van der Waals surface area contributed by atoms with Gasteiger partial charge in [0.25, 0.3) is 0 Å². The highest BCUT2D eigenvalue weighted by Crippen LogP contribution is 2.09. The van der Waals surface area contributed by atoms with Crippen molar-refractivity contribution in [2.45, 2.75) is 13.3 Å². The number of nitrogens with zero attached hydrogens (tertiary/aromatic N) is 2. The smallest absolute Gasteiger partial charge is 0.178 e. The number of aromatic nitrogens is 2. The molecule has 0 atom stereocenters. The van der Waals surface area contributed by atoms with E-state index in [2.05, 4.69) is 15.0 Å². The van der Waals surface area contributed by atoms with Gasteiger partial charge in [0.2, 0.25) is 0 Å². The minimum atomic E-state index is 0.585. The van der Waals surface area contributed by atoms with E-state index >= 15 is 0 Å². The summed E-state index contributed by atoms with van der Waals surface area (Å²) in [7, 11) is 0. The molecule has 1 aromatic heterocycles. The summed E-state index contributed by atoms with van der Waals surface area (Å²) in [5.41, 5.74) is 0.648. The maximum absolute atomic E-state index is 6.97. The Morgan fingerprint density at radius 2 is 2.64 bits per heavy atom. The maximum atomic E-state index is 6.97. The normalized spacial score (nSPS) is 10.6. The van der Waals surface area contributed by atoms with E-state index in [1.54, 1.807) is 6.21 Å². The molecule has 0 fully saturated rings. The minimum Gasteiger partial charge on any atom is -0.342 e. The number of imidazole rings is 1. The van der Waals surface area contributed by atoms with Gasteiger partial charge in [0.1, 0.15) is 5.69 Å². The number of aromatic amines is 1. The fourth-order valence-corrected chi connectivity index (χ4v) is 0.684. The highest BCUT2D eigenvalue weighted by atomic mass is 15.0. The van der Waals surface area contributed by atoms with Crippen molar-refractivity contribution in [3.63, 3.8) is 0 Å². The third-order valence-electron chi connectivity index (χ3n) is 1.19. The molecule has 1 rings (SSSR count). The Labute approximate surface area is 64.9 Å². The summed E-state index contributed by atoms with van der Waals surface area (Å²) >= 11 is 0. The topological polar surface area (TPSA) is 64.9 Å². The van der Waals surface area contributed by atoms with E-state index in [-0.39, 0.29) is 0 Å². The third kappa shape index (κ3) is 1.73. The first-order valence-electron chi connectivity index (χ1n) is 3.44. The van der Waals surface area contributed by atoms with Crippen LogP contribution in [0.5, 0.6) is 0 Å². The zero-order valence-corrected chi connectivity index (χ0v) is 6.33. The molecule has 0 saturated heterocycles. The number of H-pyrrole nitrogens is 1. The third-order valence-corrected chi connectivity index (χ3v) is 1.19. The van der Waals surface area contributed by atoms with Crippen LogP contribution in [0, 0.1) is 5.41 Å². The van der Waals surface area contributed by atoms with Crippen LogP contribution < -0.4 is 0 Å². The number of hydrogen-bond acceptors (Lipinski definition) is 3. The molecule has 0 bridgehead atoms. The molecule has 1 aromatic rings. The molecule has 0 aliphatic heterocycles. The van der Waals surface area contributed by atoms with E-state index in [0.717, 1.165) is 6.42 Å². The summed E-state index contributed by atoms with van der Waals surface area (Å²) in [5, 5.41) is 6.97. The SMILES string of the molecule is CCC=Nc1nc[nH]c1C=N. The van der Waals surface area contributed by atoms with E-state index in [0.29, 0.717) is 11.5 Å². The van der Waals surface area contributed by atoms with E-state index in [1.165, 1.54) is 12.5 Å². The molecular weight excluding hydrogens is 140 g/mol. The Morgan fingerprint density at radius 1 is 1.82 bits per heavy atom. The van der Waals surface area contributed by atoms with Crippen LogP contribution in [-0.4, -0.2) is 22.4 Å². The average molecular weight is 150 g/mol. The fraction of sp³-hybridized carbons (Fsp3) is 0.286. The number of aliphatic imine (C=N–C) groups is 1. The molecular formula is C7H10N4. The highest BCUT2D eigenvalue weighted by molar-refractivity contribution is 5.81. The molecule has 4 nitrogen and oxygen atoms in total. The fourth-order valence-electron chi connectivity index (χ4n) is 0.684. The van der Waals surface area contributed by atoms with Gasteiger partial charge in [0, 0.05) is 12.4 Å². The van der Waals surface area contributed by atoms with Crippen molar-refractivity contribution in [3.05, 3.63) is 12.0 Å². The van der Waals surface area contributed by atoms with E-state index in [9.17, 15) is 0 Å². The zero-order chi connectivity index (χ0) is 8.10. The Hall–Kier alpha value is -1.45. The molecule has 11 heavy (non-hydrogen) atoms. The van der Waals surface area contributed by atoms with Gasteiger partial charge in [-0.05, 0) is 6.42 Å². The first-order valence-corrected chi connectivity index (χ1v) is 3.44. The zero-order valence-electron chi connectivity index (χ0n) is 6.33. The second-order valence-electron chi connectivity index (χ2n) is 2.00. The van der Waals surface area contributed by atoms with Crippen molar-refractivity contribution in [3.8, 4) is 0 Å².